The van der Waals surface area contributed by atoms with Crippen LogP contribution in [0.1, 0.15) is 65.8 Å². The summed E-state index contributed by atoms with van der Waals surface area (Å²) in [7, 11) is 0. The van der Waals surface area contributed by atoms with Crippen molar-refractivity contribution in [3.8, 4) is 0 Å². The summed E-state index contributed by atoms with van der Waals surface area (Å²) in [4.78, 5) is 9.47. The lowest BCUT2D eigenvalue weighted by Crippen LogP contribution is -2.20. The van der Waals surface area contributed by atoms with Gasteiger partial charge in [0.05, 0.1) is 0 Å². The standard InChI is InChI=1S/C17H32N4/c1-8-10-18-14-13(4)15(19-11-9-12(2)3)21-16(20-14)17(5,6)7/h12H,8-11H2,1-7H3,(H2,18,19,20,21). The van der Waals surface area contributed by atoms with Gasteiger partial charge in [-0.05, 0) is 25.7 Å². The SMILES string of the molecule is CCCNc1nc(C(C)(C)C)nc(NCCC(C)C)c1C. The van der Waals surface area contributed by atoms with E-state index in [9.17, 15) is 0 Å². The number of nitrogens with one attached hydrogen (secondary N) is 2. The van der Waals surface area contributed by atoms with Crippen LogP contribution >= 0.6 is 0 Å². The molecule has 120 valence electrons. The molecule has 0 radical (unpaired) electrons. The van der Waals surface area contributed by atoms with Crippen LogP contribution in [0.15, 0.2) is 0 Å². The number of nitrogens with zero attached hydrogens (tertiary/aromatic N) is 2. The van der Waals surface area contributed by atoms with Crippen LogP contribution in [0.25, 0.3) is 0 Å². The molecule has 0 aliphatic rings. The van der Waals surface area contributed by atoms with E-state index in [0.717, 1.165) is 49.0 Å². The number of aromatic nitrogens is 2. The summed E-state index contributed by atoms with van der Waals surface area (Å²) in [5.74, 6) is 3.51. The first-order chi connectivity index (χ1) is 9.75. The topological polar surface area (TPSA) is 49.8 Å². The van der Waals surface area contributed by atoms with Crippen molar-refractivity contribution in [3.05, 3.63) is 11.4 Å². The molecule has 2 N–H and O–H groups in total. The lowest BCUT2D eigenvalue weighted by atomic mass is 9.95. The Morgan fingerprint density at radius 2 is 1.52 bits per heavy atom. The minimum atomic E-state index is -0.0508. The van der Waals surface area contributed by atoms with Crippen molar-refractivity contribution in [2.24, 2.45) is 5.92 Å². The van der Waals surface area contributed by atoms with Crippen molar-refractivity contribution in [1.82, 2.24) is 9.97 Å². The van der Waals surface area contributed by atoms with Crippen LogP contribution in [0.5, 0.6) is 0 Å². The Balaban J connectivity index is 3.03. The molecule has 0 saturated heterocycles. The zero-order valence-corrected chi connectivity index (χ0v) is 14.8. The third-order valence-electron chi connectivity index (χ3n) is 3.37. The summed E-state index contributed by atoms with van der Waals surface area (Å²) < 4.78 is 0. The van der Waals surface area contributed by atoms with Gasteiger partial charge >= 0.3 is 0 Å². The lowest BCUT2D eigenvalue weighted by Gasteiger charge is -2.21. The van der Waals surface area contributed by atoms with Crippen molar-refractivity contribution >= 4 is 11.6 Å². The van der Waals surface area contributed by atoms with Crippen molar-refractivity contribution in [2.45, 2.75) is 66.7 Å². The highest BCUT2D eigenvalue weighted by Crippen LogP contribution is 2.26. The monoisotopic (exact) mass is 292 g/mol. The molecule has 4 nitrogen and oxygen atoms in total. The predicted molar refractivity (Wildman–Crippen MR) is 92.2 cm³/mol. The highest BCUT2D eigenvalue weighted by molar-refractivity contribution is 5.57. The molecule has 0 bridgehead atoms. The van der Waals surface area contributed by atoms with Crippen LogP contribution in [-0.4, -0.2) is 23.1 Å². The van der Waals surface area contributed by atoms with Gasteiger partial charge in [0.1, 0.15) is 17.5 Å². The van der Waals surface area contributed by atoms with Gasteiger partial charge in [0.25, 0.3) is 0 Å². The van der Waals surface area contributed by atoms with E-state index in [0.29, 0.717) is 5.92 Å². The van der Waals surface area contributed by atoms with Crippen LogP contribution in [-0.2, 0) is 5.41 Å². The molecule has 1 rings (SSSR count). The molecule has 0 spiro atoms. The van der Waals surface area contributed by atoms with E-state index in [2.05, 4.69) is 59.1 Å². The fourth-order valence-electron chi connectivity index (χ4n) is 1.92. The lowest BCUT2D eigenvalue weighted by molar-refractivity contribution is 0.545. The van der Waals surface area contributed by atoms with Crippen molar-refractivity contribution in [1.29, 1.82) is 0 Å². The molecular weight excluding hydrogens is 260 g/mol. The van der Waals surface area contributed by atoms with Crippen molar-refractivity contribution < 1.29 is 0 Å². The maximum Gasteiger partial charge on any atom is 0.138 e. The first-order valence-electron chi connectivity index (χ1n) is 8.12. The fourth-order valence-corrected chi connectivity index (χ4v) is 1.92. The zero-order chi connectivity index (χ0) is 16.0. The van der Waals surface area contributed by atoms with Crippen LogP contribution in [0.2, 0.25) is 0 Å². The van der Waals surface area contributed by atoms with Gasteiger partial charge in [-0.15, -0.1) is 0 Å². The second-order valence-electron chi connectivity index (χ2n) is 7.16. The first kappa shape index (κ1) is 17.7. The van der Waals surface area contributed by atoms with Gasteiger partial charge in [-0.3, -0.25) is 0 Å². The number of anilines is 2. The Labute approximate surface area is 130 Å². The average molecular weight is 292 g/mol. The molecule has 1 aromatic heterocycles. The summed E-state index contributed by atoms with van der Waals surface area (Å²) in [5, 5.41) is 6.91. The summed E-state index contributed by atoms with van der Waals surface area (Å²) in [5.41, 5.74) is 1.06. The van der Waals surface area contributed by atoms with Crippen molar-refractivity contribution in [2.75, 3.05) is 23.7 Å². The third-order valence-corrected chi connectivity index (χ3v) is 3.37. The van der Waals surface area contributed by atoms with Gasteiger partial charge in [0.15, 0.2) is 0 Å². The minimum Gasteiger partial charge on any atom is -0.370 e. The van der Waals surface area contributed by atoms with Crippen LogP contribution in [0.3, 0.4) is 0 Å². The van der Waals surface area contributed by atoms with E-state index in [1.807, 2.05) is 0 Å². The van der Waals surface area contributed by atoms with Gasteiger partial charge in [0.2, 0.25) is 0 Å². The molecule has 0 unspecified atom stereocenters. The van der Waals surface area contributed by atoms with Gasteiger partial charge in [0, 0.05) is 24.1 Å². The van der Waals surface area contributed by atoms with Crippen LogP contribution in [0, 0.1) is 12.8 Å². The second-order valence-corrected chi connectivity index (χ2v) is 7.16. The van der Waals surface area contributed by atoms with Gasteiger partial charge in [-0.25, -0.2) is 9.97 Å². The number of hydrogen-bond acceptors (Lipinski definition) is 4. The van der Waals surface area contributed by atoms with Gasteiger partial charge in [-0.2, -0.15) is 0 Å². The highest BCUT2D eigenvalue weighted by atomic mass is 15.1. The summed E-state index contributed by atoms with van der Waals surface area (Å²) in [6, 6.07) is 0. The highest BCUT2D eigenvalue weighted by Gasteiger charge is 2.21. The number of hydrogen-bond donors (Lipinski definition) is 2. The molecule has 1 heterocycles. The van der Waals surface area contributed by atoms with Gasteiger partial charge < -0.3 is 10.6 Å². The predicted octanol–water partition coefficient (Wildman–Crippen LogP) is 4.36. The van der Waals surface area contributed by atoms with E-state index < -0.39 is 0 Å². The third kappa shape index (κ3) is 5.52. The summed E-state index contributed by atoms with van der Waals surface area (Å²) in [6.07, 6.45) is 2.23. The molecular formula is C17H32N4. The normalized spacial score (nSPS) is 11.8. The molecule has 0 amide bonds. The molecule has 0 aliphatic heterocycles. The first-order valence-corrected chi connectivity index (χ1v) is 8.12. The average Bonchev–Trinajstić information content (AvgIpc) is 2.37. The fraction of sp³-hybridized carbons (Fsp3) is 0.765. The zero-order valence-electron chi connectivity index (χ0n) is 14.8. The molecule has 0 fully saturated rings. The Morgan fingerprint density at radius 3 is 1.95 bits per heavy atom. The minimum absolute atomic E-state index is 0.0508. The van der Waals surface area contributed by atoms with E-state index in [-0.39, 0.29) is 5.41 Å². The maximum absolute atomic E-state index is 4.75. The van der Waals surface area contributed by atoms with Crippen LogP contribution in [0.4, 0.5) is 11.6 Å². The Bertz CT molecular complexity index is 447. The maximum atomic E-state index is 4.75. The number of rotatable bonds is 7. The van der Waals surface area contributed by atoms with Crippen molar-refractivity contribution in [3.63, 3.8) is 0 Å². The van der Waals surface area contributed by atoms with E-state index >= 15 is 0 Å². The molecule has 0 aromatic carbocycles. The van der Waals surface area contributed by atoms with Crippen LogP contribution < -0.4 is 10.6 Å². The van der Waals surface area contributed by atoms with E-state index in [1.165, 1.54) is 0 Å². The molecule has 21 heavy (non-hydrogen) atoms. The molecule has 4 heteroatoms. The Hall–Kier alpha value is -1.32. The summed E-state index contributed by atoms with van der Waals surface area (Å²) >= 11 is 0. The molecule has 0 saturated carbocycles. The van der Waals surface area contributed by atoms with E-state index in [1.54, 1.807) is 0 Å². The quantitative estimate of drug-likeness (QED) is 0.784. The van der Waals surface area contributed by atoms with E-state index in [4.69, 9.17) is 9.97 Å². The molecule has 0 atom stereocenters. The Morgan fingerprint density at radius 1 is 1.00 bits per heavy atom. The second kappa shape index (κ2) is 7.62. The Kier molecular flexibility index (Phi) is 6.43. The summed E-state index contributed by atoms with van der Waals surface area (Å²) in [6.45, 7) is 17.1. The molecule has 1 aromatic rings. The largest absolute Gasteiger partial charge is 0.370 e. The van der Waals surface area contributed by atoms with Gasteiger partial charge in [-0.1, -0.05) is 41.5 Å². The molecule has 0 aliphatic carbocycles. The smallest absolute Gasteiger partial charge is 0.138 e.